The van der Waals surface area contributed by atoms with Crippen LogP contribution in [-0.2, 0) is 9.59 Å². The summed E-state index contributed by atoms with van der Waals surface area (Å²) >= 11 is 0. The molecule has 1 heterocycles. The normalized spacial score (nSPS) is 13.5. The number of pyridine rings is 1. The van der Waals surface area contributed by atoms with E-state index in [0.717, 1.165) is 5.39 Å². The molecule has 0 aliphatic rings. The maximum atomic E-state index is 13.1. The number of nitrogens with one attached hydrogen (secondary N) is 1. The fourth-order valence-corrected chi connectivity index (χ4v) is 2.84. The Kier molecular flexibility index (Phi) is 5.28. The van der Waals surface area contributed by atoms with E-state index in [-0.39, 0.29) is 17.4 Å². The minimum Gasteiger partial charge on any atom is -0.480 e. The summed E-state index contributed by atoms with van der Waals surface area (Å²) in [4.78, 5) is 40.2. The maximum Gasteiger partial charge on any atom is 0.326 e. The number of amides is 1. The van der Waals surface area contributed by atoms with E-state index in [0.29, 0.717) is 5.39 Å². The average molecular weight is 328 g/mol. The highest BCUT2D eigenvalue weighted by atomic mass is 16.4. The zero-order valence-corrected chi connectivity index (χ0v) is 13.8. The number of ketones is 1. The predicted molar refractivity (Wildman–Crippen MR) is 89.6 cm³/mol. The molecule has 0 aliphatic carbocycles. The van der Waals surface area contributed by atoms with Gasteiger partial charge >= 0.3 is 5.97 Å². The minimum atomic E-state index is -1.30. The monoisotopic (exact) mass is 328 g/mol. The van der Waals surface area contributed by atoms with Gasteiger partial charge in [0.1, 0.15) is 11.7 Å². The molecule has 0 radical (unpaired) electrons. The van der Waals surface area contributed by atoms with Gasteiger partial charge in [0, 0.05) is 18.5 Å². The van der Waals surface area contributed by atoms with Gasteiger partial charge < -0.3 is 10.4 Å². The van der Waals surface area contributed by atoms with E-state index in [4.69, 9.17) is 0 Å². The number of carbonyl (C=O) groups is 3. The molecule has 1 amide bonds. The molecule has 0 bridgehead atoms. The van der Waals surface area contributed by atoms with E-state index < -0.39 is 23.8 Å². The zero-order chi connectivity index (χ0) is 17.9. The molecule has 126 valence electrons. The zero-order valence-electron chi connectivity index (χ0n) is 13.8. The van der Waals surface area contributed by atoms with Gasteiger partial charge in [-0.05, 0) is 17.4 Å². The highest BCUT2D eigenvalue weighted by Crippen LogP contribution is 2.25. The molecule has 6 heteroatoms. The highest BCUT2D eigenvalue weighted by molar-refractivity contribution is 6.09. The molecule has 2 N–H and O–H groups in total. The number of benzene rings is 1. The summed E-state index contributed by atoms with van der Waals surface area (Å²) in [5.74, 6) is -3.32. The van der Waals surface area contributed by atoms with Crippen molar-refractivity contribution in [3.63, 3.8) is 0 Å². The SMILES string of the molecule is CC(=O)N[C@H](C(=O)O)C(C(=O)c1nccc2ccccc12)C(C)C. The maximum absolute atomic E-state index is 13.1. The quantitative estimate of drug-likeness (QED) is 0.793. The molecule has 6 nitrogen and oxygen atoms in total. The molecular weight excluding hydrogens is 308 g/mol. The highest BCUT2D eigenvalue weighted by Gasteiger charge is 2.38. The molecule has 0 fully saturated rings. The van der Waals surface area contributed by atoms with Crippen LogP contribution in [0.4, 0.5) is 0 Å². The standard InChI is InChI=1S/C18H20N2O4/c1-10(2)14(16(18(23)24)20-11(3)21)17(22)15-13-7-5-4-6-12(13)8-9-19-15/h4-10,14,16H,1-3H3,(H,20,21)(H,23,24)/t14?,16-/m0/s1. The summed E-state index contributed by atoms with van der Waals surface area (Å²) in [5, 5.41) is 13.4. The van der Waals surface area contributed by atoms with Crippen molar-refractivity contribution in [1.29, 1.82) is 0 Å². The van der Waals surface area contributed by atoms with Crippen molar-refractivity contribution in [3.05, 3.63) is 42.2 Å². The fraction of sp³-hybridized carbons (Fsp3) is 0.333. The van der Waals surface area contributed by atoms with Crippen LogP contribution in [0.5, 0.6) is 0 Å². The third-order valence-corrected chi connectivity index (χ3v) is 3.91. The molecule has 1 aromatic heterocycles. The van der Waals surface area contributed by atoms with Gasteiger partial charge in [0.15, 0.2) is 5.78 Å². The molecule has 2 atom stereocenters. The lowest BCUT2D eigenvalue weighted by molar-refractivity contribution is -0.143. The van der Waals surface area contributed by atoms with Crippen LogP contribution < -0.4 is 5.32 Å². The van der Waals surface area contributed by atoms with Gasteiger partial charge in [-0.2, -0.15) is 0 Å². The third-order valence-electron chi connectivity index (χ3n) is 3.91. The van der Waals surface area contributed by atoms with Gasteiger partial charge in [0.05, 0.1) is 5.92 Å². The molecule has 1 aromatic carbocycles. The molecule has 24 heavy (non-hydrogen) atoms. The van der Waals surface area contributed by atoms with Gasteiger partial charge in [-0.3, -0.25) is 14.6 Å². The van der Waals surface area contributed by atoms with E-state index in [1.54, 1.807) is 32.0 Å². The number of rotatable bonds is 6. The molecule has 2 rings (SSSR count). The van der Waals surface area contributed by atoms with Crippen LogP contribution in [0.15, 0.2) is 36.5 Å². The first kappa shape index (κ1) is 17.6. The largest absolute Gasteiger partial charge is 0.480 e. The first-order chi connectivity index (χ1) is 11.3. The number of hydrogen-bond donors (Lipinski definition) is 2. The number of hydrogen-bond acceptors (Lipinski definition) is 4. The Balaban J connectivity index is 2.52. The van der Waals surface area contributed by atoms with Crippen LogP contribution >= 0.6 is 0 Å². The van der Waals surface area contributed by atoms with E-state index >= 15 is 0 Å². The van der Waals surface area contributed by atoms with Crippen molar-refractivity contribution < 1.29 is 19.5 Å². The topological polar surface area (TPSA) is 96.4 Å². The van der Waals surface area contributed by atoms with Crippen LogP contribution in [-0.4, -0.2) is 33.8 Å². The van der Waals surface area contributed by atoms with Crippen LogP contribution in [0.2, 0.25) is 0 Å². The number of carboxylic acids is 1. The Morgan fingerprint density at radius 3 is 2.38 bits per heavy atom. The summed E-state index contributed by atoms with van der Waals surface area (Å²) in [7, 11) is 0. The van der Waals surface area contributed by atoms with Gasteiger partial charge in [0.2, 0.25) is 5.91 Å². The van der Waals surface area contributed by atoms with E-state index in [9.17, 15) is 19.5 Å². The summed E-state index contributed by atoms with van der Waals surface area (Å²) in [6.07, 6.45) is 1.53. The average Bonchev–Trinajstić information content (AvgIpc) is 2.52. The number of carbonyl (C=O) groups excluding carboxylic acids is 2. The number of Topliss-reactive ketones (excluding diaryl/α,β-unsaturated/α-hetero) is 1. The first-order valence-electron chi connectivity index (χ1n) is 7.70. The summed E-state index contributed by atoms with van der Waals surface area (Å²) in [5.41, 5.74) is 0.225. The van der Waals surface area contributed by atoms with Crippen LogP contribution in [0.3, 0.4) is 0 Å². The van der Waals surface area contributed by atoms with Crippen molar-refractivity contribution in [2.24, 2.45) is 11.8 Å². The van der Waals surface area contributed by atoms with E-state index in [1.807, 2.05) is 12.1 Å². The van der Waals surface area contributed by atoms with Crippen molar-refractivity contribution in [2.75, 3.05) is 0 Å². The molecule has 1 unspecified atom stereocenters. The Morgan fingerprint density at radius 1 is 1.12 bits per heavy atom. The third kappa shape index (κ3) is 3.59. The van der Waals surface area contributed by atoms with Gasteiger partial charge in [0.25, 0.3) is 0 Å². The second-order valence-electron chi connectivity index (χ2n) is 6.03. The second kappa shape index (κ2) is 7.21. The van der Waals surface area contributed by atoms with Crippen LogP contribution in [0.25, 0.3) is 10.8 Å². The van der Waals surface area contributed by atoms with E-state index in [1.165, 1.54) is 13.1 Å². The van der Waals surface area contributed by atoms with Crippen molar-refractivity contribution in [3.8, 4) is 0 Å². The molecule has 0 saturated carbocycles. The second-order valence-corrected chi connectivity index (χ2v) is 6.03. The van der Waals surface area contributed by atoms with Crippen LogP contribution in [0, 0.1) is 11.8 Å². The van der Waals surface area contributed by atoms with Crippen LogP contribution in [0.1, 0.15) is 31.3 Å². The van der Waals surface area contributed by atoms with Gasteiger partial charge in [-0.15, -0.1) is 0 Å². The lowest BCUT2D eigenvalue weighted by atomic mass is 9.82. The molecule has 2 aromatic rings. The van der Waals surface area contributed by atoms with Crippen molar-refractivity contribution in [1.82, 2.24) is 10.3 Å². The Hall–Kier alpha value is -2.76. The number of aromatic nitrogens is 1. The number of carboxylic acid groups (broad SMARTS) is 1. The summed E-state index contributed by atoms with van der Waals surface area (Å²) < 4.78 is 0. The lowest BCUT2D eigenvalue weighted by Crippen LogP contribution is -2.49. The number of aliphatic carboxylic acids is 1. The van der Waals surface area contributed by atoms with E-state index in [2.05, 4.69) is 10.3 Å². The molecular formula is C18H20N2O4. The lowest BCUT2D eigenvalue weighted by Gasteiger charge is -2.26. The fourth-order valence-electron chi connectivity index (χ4n) is 2.84. The molecule has 0 aliphatic heterocycles. The van der Waals surface area contributed by atoms with Crippen molar-refractivity contribution >= 4 is 28.4 Å². The Morgan fingerprint density at radius 2 is 1.79 bits per heavy atom. The van der Waals surface area contributed by atoms with Crippen molar-refractivity contribution in [2.45, 2.75) is 26.8 Å². The molecule has 0 spiro atoms. The first-order valence-corrected chi connectivity index (χ1v) is 7.70. The molecule has 0 saturated heterocycles. The number of nitrogens with zero attached hydrogens (tertiary/aromatic N) is 1. The predicted octanol–water partition coefficient (Wildman–Crippen LogP) is 2.28. The summed E-state index contributed by atoms with van der Waals surface area (Å²) in [6, 6.07) is 7.79. The Bertz CT molecular complexity index is 780. The summed E-state index contributed by atoms with van der Waals surface area (Å²) in [6.45, 7) is 4.74. The smallest absolute Gasteiger partial charge is 0.326 e. The Labute approximate surface area is 139 Å². The minimum absolute atomic E-state index is 0.225. The van der Waals surface area contributed by atoms with Gasteiger partial charge in [-0.25, -0.2) is 4.79 Å². The van der Waals surface area contributed by atoms with Gasteiger partial charge in [-0.1, -0.05) is 38.1 Å². The number of fused-ring (bicyclic) bond motifs is 1.